The van der Waals surface area contributed by atoms with Crippen LogP contribution in [0.1, 0.15) is 27.6 Å². The van der Waals surface area contributed by atoms with E-state index < -0.39 is 18.2 Å². The maximum atomic E-state index is 11.1. The van der Waals surface area contributed by atoms with Gasteiger partial charge in [-0.2, -0.15) is 0 Å². The lowest BCUT2D eigenvalue weighted by atomic mass is 9.94. The van der Waals surface area contributed by atoms with Gasteiger partial charge < -0.3 is 20.6 Å². The number of benzene rings is 1. The van der Waals surface area contributed by atoms with Gasteiger partial charge in [0.25, 0.3) is 0 Å². The number of nitrogens with one attached hydrogen (secondary N) is 1. The van der Waals surface area contributed by atoms with E-state index in [1.807, 2.05) is 0 Å². The van der Waals surface area contributed by atoms with Crippen LogP contribution in [0.4, 0.5) is 0 Å². The number of carbonyl (C=O) groups is 1. The molecule has 0 heterocycles. The Balaban J connectivity index is 3.15. The summed E-state index contributed by atoms with van der Waals surface area (Å²) in [5.41, 5.74) is 0.933. The average molecular weight is 239 g/mol. The number of hydrogen-bond donors (Lipinski definition) is 4. The maximum Gasteiger partial charge on any atom is 0.336 e. The third-order valence-electron chi connectivity index (χ3n) is 2.63. The van der Waals surface area contributed by atoms with E-state index in [0.29, 0.717) is 5.56 Å². The Bertz CT molecular complexity index is 405. The van der Waals surface area contributed by atoms with Crippen LogP contribution in [-0.2, 0) is 0 Å². The number of aromatic carboxylic acids is 1. The summed E-state index contributed by atoms with van der Waals surface area (Å²) in [5, 5.41) is 31.4. The minimum Gasteiger partial charge on any atom is -0.478 e. The van der Waals surface area contributed by atoms with Gasteiger partial charge in [-0.05, 0) is 25.6 Å². The molecule has 5 heteroatoms. The number of likely N-dealkylation sites (N-methyl/N-ethyl adjacent to an activating group) is 1. The fourth-order valence-corrected chi connectivity index (χ4v) is 1.77. The molecule has 0 saturated carbocycles. The molecular weight excluding hydrogens is 222 g/mol. The minimum atomic E-state index is -1.21. The molecule has 17 heavy (non-hydrogen) atoms. The molecule has 1 aromatic carbocycles. The highest BCUT2D eigenvalue weighted by molar-refractivity contribution is 5.90. The minimum absolute atomic E-state index is 0.0210. The predicted molar refractivity (Wildman–Crippen MR) is 63.0 cm³/mol. The van der Waals surface area contributed by atoms with Gasteiger partial charge in [0.15, 0.2) is 0 Å². The lowest BCUT2D eigenvalue weighted by molar-refractivity contribution is 0.0188. The molecular formula is C12H17NO4. The fraction of sp³-hybridized carbons (Fsp3) is 0.417. The second kappa shape index (κ2) is 5.77. The van der Waals surface area contributed by atoms with Gasteiger partial charge in [-0.15, -0.1) is 0 Å². The van der Waals surface area contributed by atoms with Gasteiger partial charge in [0, 0.05) is 12.1 Å². The Hall–Kier alpha value is -1.43. The Labute approximate surface area is 99.7 Å². The number of aliphatic hydroxyl groups is 2. The van der Waals surface area contributed by atoms with Crippen molar-refractivity contribution in [3.8, 4) is 0 Å². The topological polar surface area (TPSA) is 89.8 Å². The molecule has 2 atom stereocenters. The first-order valence-electron chi connectivity index (χ1n) is 5.32. The first-order valence-corrected chi connectivity index (χ1v) is 5.32. The van der Waals surface area contributed by atoms with Crippen molar-refractivity contribution in [3.05, 3.63) is 34.9 Å². The summed E-state index contributed by atoms with van der Waals surface area (Å²) in [6, 6.07) is 4.73. The normalized spacial score (nSPS) is 14.4. The summed E-state index contributed by atoms with van der Waals surface area (Å²) >= 11 is 0. The van der Waals surface area contributed by atoms with E-state index in [2.05, 4.69) is 5.32 Å². The highest BCUT2D eigenvalue weighted by Gasteiger charge is 2.24. The Kier molecular flexibility index (Phi) is 4.62. The summed E-state index contributed by atoms with van der Waals surface area (Å²) < 4.78 is 0. The van der Waals surface area contributed by atoms with Gasteiger partial charge in [-0.1, -0.05) is 12.1 Å². The lowest BCUT2D eigenvalue weighted by Crippen LogP contribution is -2.30. The highest BCUT2D eigenvalue weighted by Crippen LogP contribution is 2.24. The summed E-state index contributed by atoms with van der Waals surface area (Å²) in [4.78, 5) is 11.1. The SMILES string of the molecule is CNCC(O)C(O)c1c(C)cccc1C(=O)O. The second-order valence-electron chi connectivity index (χ2n) is 3.91. The zero-order valence-corrected chi connectivity index (χ0v) is 9.84. The highest BCUT2D eigenvalue weighted by atomic mass is 16.4. The average Bonchev–Trinajstić information content (AvgIpc) is 2.28. The van der Waals surface area contributed by atoms with Crippen molar-refractivity contribution in [2.75, 3.05) is 13.6 Å². The predicted octanol–water partition coefficient (Wildman–Crippen LogP) is 0.307. The molecule has 0 fully saturated rings. The summed E-state index contributed by atoms with van der Waals surface area (Å²) in [7, 11) is 1.64. The van der Waals surface area contributed by atoms with Crippen LogP contribution in [0.3, 0.4) is 0 Å². The van der Waals surface area contributed by atoms with Gasteiger partial charge in [0.05, 0.1) is 11.7 Å². The molecule has 1 rings (SSSR count). The van der Waals surface area contributed by atoms with Crippen LogP contribution >= 0.6 is 0 Å². The molecule has 0 aromatic heterocycles. The van der Waals surface area contributed by atoms with Crippen molar-refractivity contribution in [1.82, 2.24) is 5.32 Å². The van der Waals surface area contributed by atoms with Gasteiger partial charge in [0.1, 0.15) is 6.10 Å². The Morgan fingerprint density at radius 1 is 1.41 bits per heavy atom. The molecule has 0 aliphatic carbocycles. The zero-order chi connectivity index (χ0) is 13.0. The van der Waals surface area contributed by atoms with E-state index in [-0.39, 0.29) is 17.7 Å². The van der Waals surface area contributed by atoms with E-state index in [1.54, 1.807) is 26.1 Å². The van der Waals surface area contributed by atoms with Crippen molar-refractivity contribution in [2.45, 2.75) is 19.1 Å². The third-order valence-corrected chi connectivity index (χ3v) is 2.63. The first-order chi connectivity index (χ1) is 7.99. The van der Waals surface area contributed by atoms with Crippen LogP contribution in [0.5, 0.6) is 0 Å². The van der Waals surface area contributed by atoms with Crippen molar-refractivity contribution >= 4 is 5.97 Å². The quantitative estimate of drug-likeness (QED) is 0.593. The number of carboxylic acids is 1. The molecule has 0 aliphatic heterocycles. The molecule has 0 radical (unpaired) electrons. The van der Waals surface area contributed by atoms with Crippen LogP contribution in [0.25, 0.3) is 0 Å². The molecule has 1 aromatic rings. The summed E-state index contributed by atoms with van der Waals surface area (Å²) in [6.45, 7) is 1.89. The van der Waals surface area contributed by atoms with E-state index in [1.165, 1.54) is 6.07 Å². The van der Waals surface area contributed by atoms with Gasteiger partial charge in [0.2, 0.25) is 0 Å². The van der Waals surface area contributed by atoms with Crippen LogP contribution in [-0.4, -0.2) is 41.0 Å². The second-order valence-corrected chi connectivity index (χ2v) is 3.91. The molecule has 0 aliphatic rings. The third kappa shape index (κ3) is 3.03. The van der Waals surface area contributed by atoms with Crippen LogP contribution < -0.4 is 5.32 Å². The van der Waals surface area contributed by atoms with Gasteiger partial charge in [-0.25, -0.2) is 4.79 Å². The standard InChI is InChI=1S/C12H17NO4/c1-7-4-3-5-8(12(16)17)10(7)11(15)9(14)6-13-2/h3-5,9,11,13-15H,6H2,1-2H3,(H,16,17). The zero-order valence-electron chi connectivity index (χ0n) is 9.84. The van der Waals surface area contributed by atoms with Crippen molar-refractivity contribution < 1.29 is 20.1 Å². The number of aliphatic hydroxyl groups excluding tert-OH is 2. The molecule has 0 bridgehead atoms. The number of carboxylic acid groups (broad SMARTS) is 1. The van der Waals surface area contributed by atoms with E-state index in [0.717, 1.165) is 0 Å². The van der Waals surface area contributed by atoms with Crippen LogP contribution in [0, 0.1) is 6.92 Å². The van der Waals surface area contributed by atoms with Crippen molar-refractivity contribution in [3.63, 3.8) is 0 Å². The Morgan fingerprint density at radius 3 is 2.59 bits per heavy atom. The lowest BCUT2D eigenvalue weighted by Gasteiger charge is -2.21. The van der Waals surface area contributed by atoms with Crippen LogP contribution in [0.15, 0.2) is 18.2 Å². The number of aryl methyl sites for hydroxylation is 1. The fourth-order valence-electron chi connectivity index (χ4n) is 1.77. The number of hydrogen-bond acceptors (Lipinski definition) is 4. The molecule has 94 valence electrons. The molecule has 4 N–H and O–H groups in total. The monoisotopic (exact) mass is 239 g/mol. The van der Waals surface area contributed by atoms with Gasteiger partial charge >= 0.3 is 5.97 Å². The van der Waals surface area contributed by atoms with Crippen LogP contribution in [0.2, 0.25) is 0 Å². The molecule has 0 amide bonds. The van der Waals surface area contributed by atoms with Gasteiger partial charge in [-0.3, -0.25) is 0 Å². The molecule has 0 spiro atoms. The van der Waals surface area contributed by atoms with E-state index >= 15 is 0 Å². The first kappa shape index (κ1) is 13.6. The van der Waals surface area contributed by atoms with Crippen molar-refractivity contribution in [1.29, 1.82) is 0 Å². The van der Waals surface area contributed by atoms with Crippen molar-refractivity contribution in [2.24, 2.45) is 0 Å². The molecule has 2 unspecified atom stereocenters. The Morgan fingerprint density at radius 2 is 2.06 bits per heavy atom. The summed E-state index contributed by atoms with van der Waals surface area (Å²) in [6.07, 6.45) is -2.26. The van der Waals surface area contributed by atoms with E-state index in [9.17, 15) is 15.0 Å². The number of rotatable bonds is 5. The maximum absolute atomic E-state index is 11.1. The molecule has 0 saturated heterocycles. The largest absolute Gasteiger partial charge is 0.478 e. The molecule has 5 nitrogen and oxygen atoms in total. The summed E-state index contributed by atoms with van der Waals surface area (Å²) in [5.74, 6) is -1.11. The van der Waals surface area contributed by atoms with E-state index in [4.69, 9.17) is 5.11 Å². The smallest absolute Gasteiger partial charge is 0.336 e.